The molecule has 2 N–H and O–H groups in total. The zero-order valence-corrected chi connectivity index (χ0v) is 21.4. The molecule has 170 valence electrons. The van der Waals surface area contributed by atoms with Gasteiger partial charge in [-0.3, -0.25) is 4.79 Å². The van der Waals surface area contributed by atoms with Crippen LogP contribution in [0.2, 0.25) is 0 Å². The fraction of sp³-hybridized carbons (Fsp3) is 0.619. The Morgan fingerprint density at radius 3 is 2.60 bits per heavy atom. The Balaban J connectivity index is 0.00000450. The lowest BCUT2D eigenvalue weighted by Crippen LogP contribution is -2.49. The molecule has 0 atom stereocenters. The fourth-order valence-electron chi connectivity index (χ4n) is 3.01. The lowest BCUT2D eigenvalue weighted by atomic mass is 10.1. The summed E-state index contributed by atoms with van der Waals surface area (Å²) in [6, 6.07) is 10.7. The lowest BCUT2D eigenvalue weighted by Gasteiger charge is -2.33. The smallest absolute Gasteiger partial charge is 0.243 e. The van der Waals surface area contributed by atoms with Crippen molar-refractivity contribution in [2.45, 2.75) is 23.8 Å². The second-order valence-electron chi connectivity index (χ2n) is 7.29. The van der Waals surface area contributed by atoms with Crippen LogP contribution in [0.5, 0.6) is 0 Å². The first-order chi connectivity index (χ1) is 14.1. The number of hydrogen-bond donors (Lipinski definition) is 2. The van der Waals surface area contributed by atoms with Gasteiger partial charge in [0.25, 0.3) is 0 Å². The van der Waals surface area contributed by atoms with Crippen LogP contribution in [0, 0.1) is 0 Å². The summed E-state index contributed by atoms with van der Waals surface area (Å²) < 4.78 is 5.17. The van der Waals surface area contributed by atoms with E-state index in [-0.39, 0.29) is 36.4 Å². The summed E-state index contributed by atoms with van der Waals surface area (Å²) in [5, 5.41) is 6.92. The Kier molecular flexibility index (Phi) is 14.1. The van der Waals surface area contributed by atoms with Crippen molar-refractivity contribution in [3.05, 3.63) is 30.3 Å². The molecule has 1 aromatic rings. The highest BCUT2D eigenvalue weighted by Crippen LogP contribution is 2.15. The highest BCUT2D eigenvalue weighted by Gasteiger charge is 2.19. The minimum Gasteiger partial charge on any atom is -0.383 e. The quantitative estimate of drug-likeness (QED) is 0.153. The molecule has 0 bridgehead atoms. The van der Waals surface area contributed by atoms with Crippen LogP contribution in [0.1, 0.15) is 12.8 Å². The molecular formula is C21H36IN5O2S. The van der Waals surface area contributed by atoms with Crippen molar-refractivity contribution in [1.29, 1.82) is 0 Å². The van der Waals surface area contributed by atoms with Gasteiger partial charge in [0.2, 0.25) is 5.91 Å². The van der Waals surface area contributed by atoms with E-state index in [1.165, 1.54) is 4.90 Å². The van der Waals surface area contributed by atoms with Gasteiger partial charge < -0.3 is 25.2 Å². The molecule has 7 nitrogen and oxygen atoms in total. The Bertz CT molecular complexity index is 625. The molecule has 0 spiro atoms. The number of piperidine rings is 1. The van der Waals surface area contributed by atoms with Crippen LogP contribution >= 0.6 is 35.7 Å². The second kappa shape index (κ2) is 15.7. The molecule has 9 heteroatoms. The van der Waals surface area contributed by atoms with Crippen molar-refractivity contribution in [3.8, 4) is 0 Å². The van der Waals surface area contributed by atoms with Gasteiger partial charge in [-0.2, -0.15) is 0 Å². The molecule has 30 heavy (non-hydrogen) atoms. The van der Waals surface area contributed by atoms with E-state index in [1.54, 1.807) is 37.9 Å². The summed E-state index contributed by atoms with van der Waals surface area (Å²) in [4.78, 5) is 21.7. The van der Waals surface area contributed by atoms with Crippen molar-refractivity contribution < 1.29 is 9.53 Å². The maximum atomic E-state index is 11.9. The van der Waals surface area contributed by atoms with Gasteiger partial charge in [0.1, 0.15) is 6.54 Å². The van der Waals surface area contributed by atoms with Gasteiger partial charge >= 0.3 is 0 Å². The number of likely N-dealkylation sites (N-methyl/N-ethyl adjacent to an activating group) is 1. The minimum atomic E-state index is -0.000791. The monoisotopic (exact) mass is 549 g/mol. The topological polar surface area (TPSA) is 69.2 Å². The lowest BCUT2D eigenvalue weighted by molar-refractivity contribution is -0.127. The van der Waals surface area contributed by atoms with Crippen LogP contribution in [0.15, 0.2) is 40.2 Å². The SMILES string of the molecule is COCCN1CCC(NC(=NCC(=O)N(C)C)NCCSc2ccccc2)CC1.I. The number of amides is 1. The molecule has 0 aromatic heterocycles. The van der Waals surface area contributed by atoms with Crippen molar-refractivity contribution in [2.75, 3.05) is 66.3 Å². The summed E-state index contributed by atoms with van der Waals surface area (Å²) in [5.74, 6) is 1.66. The first-order valence-electron chi connectivity index (χ1n) is 10.2. The molecule has 1 aliphatic rings. The molecule has 1 aliphatic heterocycles. The van der Waals surface area contributed by atoms with Crippen molar-refractivity contribution in [2.24, 2.45) is 4.99 Å². The van der Waals surface area contributed by atoms with Gasteiger partial charge in [0.05, 0.1) is 6.61 Å². The van der Waals surface area contributed by atoms with E-state index in [2.05, 4.69) is 44.8 Å². The number of benzene rings is 1. The van der Waals surface area contributed by atoms with Crippen LogP contribution in [0.4, 0.5) is 0 Å². The normalized spacial score (nSPS) is 15.4. The van der Waals surface area contributed by atoms with Gasteiger partial charge in [0.15, 0.2) is 5.96 Å². The molecule has 1 aromatic carbocycles. The Morgan fingerprint density at radius 2 is 1.97 bits per heavy atom. The molecule has 0 aliphatic carbocycles. The summed E-state index contributed by atoms with van der Waals surface area (Å²) in [6.45, 7) is 4.80. The number of halogens is 1. The predicted octanol–water partition coefficient (Wildman–Crippen LogP) is 2.13. The number of methoxy groups -OCH3 is 1. The first-order valence-corrected chi connectivity index (χ1v) is 11.2. The van der Waals surface area contributed by atoms with E-state index in [4.69, 9.17) is 4.74 Å². The van der Waals surface area contributed by atoms with Gasteiger partial charge in [-0.1, -0.05) is 18.2 Å². The number of aliphatic imine (C=N–C) groups is 1. The van der Waals surface area contributed by atoms with Gasteiger partial charge in [-0.15, -0.1) is 35.7 Å². The number of hydrogen-bond acceptors (Lipinski definition) is 5. The largest absolute Gasteiger partial charge is 0.383 e. The molecule has 1 amide bonds. The molecule has 0 radical (unpaired) electrons. The zero-order valence-electron chi connectivity index (χ0n) is 18.3. The minimum absolute atomic E-state index is 0. The molecule has 2 rings (SSSR count). The summed E-state index contributed by atoms with van der Waals surface area (Å²) in [5.41, 5.74) is 0. The summed E-state index contributed by atoms with van der Waals surface area (Å²) in [7, 11) is 5.25. The number of rotatable bonds is 10. The first kappa shape index (κ1) is 27.0. The molecule has 1 fully saturated rings. The highest BCUT2D eigenvalue weighted by atomic mass is 127. The maximum Gasteiger partial charge on any atom is 0.243 e. The van der Waals surface area contributed by atoms with E-state index >= 15 is 0 Å². The van der Waals surface area contributed by atoms with Gasteiger partial charge in [-0.05, 0) is 25.0 Å². The Hall–Kier alpha value is -1.04. The average Bonchev–Trinajstić information content (AvgIpc) is 2.74. The number of nitrogens with zero attached hydrogens (tertiary/aromatic N) is 3. The molecular weight excluding hydrogens is 513 g/mol. The molecule has 1 saturated heterocycles. The average molecular weight is 550 g/mol. The summed E-state index contributed by atoms with van der Waals surface area (Å²) in [6.07, 6.45) is 2.12. The summed E-state index contributed by atoms with van der Waals surface area (Å²) >= 11 is 1.81. The van der Waals surface area contributed by atoms with Crippen LogP contribution in [-0.4, -0.2) is 94.0 Å². The fourth-order valence-corrected chi connectivity index (χ4v) is 3.80. The van der Waals surface area contributed by atoms with E-state index in [0.29, 0.717) is 6.04 Å². The number of nitrogens with one attached hydrogen (secondary N) is 2. The molecule has 0 unspecified atom stereocenters. The third-order valence-electron chi connectivity index (χ3n) is 4.82. The standard InChI is InChI=1S/C21H35N5O2S.HI/c1-25(2)20(27)17-23-21(22-11-16-29-19-7-5-4-6-8-19)24-18-9-12-26(13-10-18)14-15-28-3;/h4-8,18H,9-17H2,1-3H3,(H2,22,23,24);1H. The zero-order chi connectivity index (χ0) is 20.9. The van der Waals surface area contributed by atoms with Crippen molar-refractivity contribution in [1.82, 2.24) is 20.4 Å². The van der Waals surface area contributed by atoms with Gasteiger partial charge in [-0.25, -0.2) is 4.99 Å². The highest BCUT2D eigenvalue weighted by molar-refractivity contribution is 14.0. The van der Waals surface area contributed by atoms with Crippen LogP contribution in [0.25, 0.3) is 0 Å². The molecule has 0 saturated carbocycles. The number of carbonyl (C=O) groups is 1. The van der Waals surface area contributed by atoms with Crippen molar-refractivity contribution in [3.63, 3.8) is 0 Å². The van der Waals surface area contributed by atoms with E-state index in [0.717, 1.165) is 57.3 Å². The number of guanidine groups is 1. The number of carbonyl (C=O) groups excluding carboxylic acids is 1. The van der Waals surface area contributed by atoms with Crippen LogP contribution < -0.4 is 10.6 Å². The number of thioether (sulfide) groups is 1. The third-order valence-corrected chi connectivity index (χ3v) is 5.83. The third kappa shape index (κ3) is 10.8. The maximum absolute atomic E-state index is 11.9. The van der Waals surface area contributed by atoms with Crippen molar-refractivity contribution >= 4 is 47.6 Å². The van der Waals surface area contributed by atoms with Gasteiger partial charge in [0, 0.05) is 64.1 Å². The van der Waals surface area contributed by atoms with Crippen LogP contribution in [0.3, 0.4) is 0 Å². The van der Waals surface area contributed by atoms with E-state index in [9.17, 15) is 4.79 Å². The van der Waals surface area contributed by atoms with E-state index in [1.807, 2.05) is 6.07 Å². The molecule has 1 heterocycles. The Morgan fingerprint density at radius 1 is 1.27 bits per heavy atom. The number of ether oxygens (including phenoxy) is 1. The van der Waals surface area contributed by atoms with E-state index < -0.39 is 0 Å². The van der Waals surface area contributed by atoms with Crippen LogP contribution in [-0.2, 0) is 9.53 Å². The predicted molar refractivity (Wildman–Crippen MR) is 136 cm³/mol. The Labute approximate surface area is 202 Å². The second-order valence-corrected chi connectivity index (χ2v) is 8.46. The number of likely N-dealkylation sites (tertiary alicyclic amines) is 1.